The van der Waals surface area contributed by atoms with Gasteiger partial charge in [-0.15, -0.1) is 0 Å². The number of rotatable bonds is 6. The second kappa shape index (κ2) is 8.46. The molecule has 0 radical (unpaired) electrons. The molecule has 0 aliphatic heterocycles. The fourth-order valence-corrected chi connectivity index (χ4v) is 1.31. The summed E-state index contributed by atoms with van der Waals surface area (Å²) < 4.78 is 19.1. The van der Waals surface area contributed by atoms with Crippen molar-refractivity contribution in [1.82, 2.24) is 0 Å². The third-order valence-corrected chi connectivity index (χ3v) is 2.46. The Labute approximate surface area is 127 Å². The zero-order chi connectivity index (χ0) is 16.5. The zero-order valence-electron chi connectivity index (χ0n) is 12.4. The average molecular weight is 308 g/mol. The maximum Gasteiger partial charge on any atom is 0.352 e. The number of ether oxygens (including phenoxy) is 4. The van der Waals surface area contributed by atoms with Crippen LogP contribution in [0.3, 0.4) is 0 Å². The lowest BCUT2D eigenvalue weighted by Gasteiger charge is -2.11. The topological polar surface area (TPSA) is 88.1 Å². The second-order valence-electron chi connectivity index (χ2n) is 4.03. The van der Waals surface area contributed by atoms with E-state index in [2.05, 4.69) is 4.74 Å². The minimum Gasteiger partial charge on any atom is -0.497 e. The first kappa shape index (κ1) is 17.2. The number of hydrogen-bond acceptors (Lipinski definition) is 7. The molecule has 0 aliphatic rings. The van der Waals surface area contributed by atoms with Gasteiger partial charge in [0.25, 0.3) is 0 Å². The standard InChI is InChI=1S/C15H16O7/c1-10(21-14(17)9-8-13(16)20-3)15(18)22-12-6-4-11(19-2)5-7-12/h4-10H,1-3H3/b9-8-. The van der Waals surface area contributed by atoms with Crippen molar-refractivity contribution in [3.63, 3.8) is 0 Å². The molecule has 0 saturated heterocycles. The van der Waals surface area contributed by atoms with Crippen LogP contribution in [0.5, 0.6) is 11.5 Å². The molecule has 0 aromatic heterocycles. The summed E-state index contributed by atoms with van der Waals surface area (Å²) in [5, 5.41) is 0. The average Bonchev–Trinajstić information content (AvgIpc) is 2.53. The summed E-state index contributed by atoms with van der Waals surface area (Å²) in [6.07, 6.45) is 0.629. The zero-order valence-corrected chi connectivity index (χ0v) is 12.4. The van der Waals surface area contributed by atoms with Crippen LogP contribution in [0, 0.1) is 0 Å². The maximum atomic E-state index is 11.8. The van der Waals surface area contributed by atoms with Gasteiger partial charge in [0.1, 0.15) is 11.5 Å². The van der Waals surface area contributed by atoms with Gasteiger partial charge in [-0.2, -0.15) is 0 Å². The Morgan fingerprint density at radius 2 is 1.50 bits per heavy atom. The normalized spacial score (nSPS) is 11.6. The third-order valence-electron chi connectivity index (χ3n) is 2.46. The highest BCUT2D eigenvalue weighted by molar-refractivity contribution is 5.92. The van der Waals surface area contributed by atoms with Gasteiger partial charge in [0.2, 0.25) is 0 Å². The molecule has 0 saturated carbocycles. The van der Waals surface area contributed by atoms with Crippen LogP contribution < -0.4 is 9.47 Å². The fourth-order valence-electron chi connectivity index (χ4n) is 1.31. The SMILES string of the molecule is COC(=O)/C=C\C(=O)OC(C)C(=O)Oc1ccc(OC)cc1. The molecule has 0 heterocycles. The van der Waals surface area contributed by atoms with Gasteiger partial charge in [-0.3, -0.25) is 0 Å². The monoisotopic (exact) mass is 308 g/mol. The predicted molar refractivity (Wildman–Crippen MR) is 75.3 cm³/mol. The van der Waals surface area contributed by atoms with Gasteiger partial charge >= 0.3 is 17.9 Å². The second-order valence-corrected chi connectivity index (χ2v) is 4.03. The van der Waals surface area contributed by atoms with Gasteiger partial charge in [0, 0.05) is 12.2 Å². The Balaban J connectivity index is 2.52. The van der Waals surface area contributed by atoms with Crippen molar-refractivity contribution in [2.45, 2.75) is 13.0 Å². The molecular weight excluding hydrogens is 292 g/mol. The Bertz CT molecular complexity index is 560. The summed E-state index contributed by atoms with van der Waals surface area (Å²) in [5.74, 6) is -1.40. The molecule has 1 unspecified atom stereocenters. The molecule has 0 aliphatic carbocycles. The van der Waals surface area contributed by atoms with Crippen molar-refractivity contribution in [1.29, 1.82) is 0 Å². The minimum atomic E-state index is -1.13. The van der Waals surface area contributed by atoms with Crippen LogP contribution in [-0.2, 0) is 23.9 Å². The molecule has 7 nitrogen and oxygen atoms in total. The molecule has 1 rings (SSSR count). The third kappa shape index (κ3) is 5.66. The molecule has 22 heavy (non-hydrogen) atoms. The minimum absolute atomic E-state index is 0.291. The largest absolute Gasteiger partial charge is 0.497 e. The van der Waals surface area contributed by atoms with Gasteiger partial charge in [-0.1, -0.05) is 0 Å². The van der Waals surface area contributed by atoms with E-state index in [1.165, 1.54) is 21.1 Å². The first-order valence-corrected chi connectivity index (χ1v) is 6.28. The summed E-state index contributed by atoms with van der Waals surface area (Å²) >= 11 is 0. The Kier molecular flexibility index (Phi) is 6.62. The summed E-state index contributed by atoms with van der Waals surface area (Å²) in [6.45, 7) is 1.36. The number of methoxy groups -OCH3 is 2. The molecule has 1 aromatic carbocycles. The molecule has 7 heteroatoms. The van der Waals surface area contributed by atoms with E-state index in [-0.39, 0.29) is 0 Å². The van der Waals surface area contributed by atoms with Crippen LogP contribution >= 0.6 is 0 Å². The quantitative estimate of drug-likeness (QED) is 0.444. The molecule has 0 fully saturated rings. The van der Waals surface area contributed by atoms with Crippen LogP contribution in [0.4, 0.5) is 0 Å². The van der Waals surface area contributed by atoms with E-state index < -0.39 is 24.0 Å². The summed E-state index contributed by atoms with van der Waals surface area (Å²) in [5.41, 5.74) is 0. The number of hydrogen-bond donors (Lipinski definition) is 0. The van der Waals surface area contributed by atoms with Crippen LogP contribution in [0.15, 0.2) is 36.4 Å². The molecular formula is C15H16O7. The first-order chi connectivity index (χ1) is 10.5. The fraction of sp³-hybridized carbons (Fsp3) is 0.267. The molecule has 0 amide bonds. The van der Waals surface area contributed by atoms with Crippen molar-refractivity contribution in [3.05, 3.63) is 36.4 Å². The van der Waals surface area contributed by atoms with Gasteiger partial charge in [-0.25, -0.2) is 14.4 Å². The highest BCUT2D eigenvalue weighted by Crippen LogP contribution is 2.17. The predicted octanol–water partition coefficient (Wildman–Crippen LogP) is 1.26. The molecule has 0 N–H and O–H groups in total. The summed E-state index contributed by atoms with van der Waals surface area (Å²) in [6, 6.07) is 6.33. The molecule has 0 bridgehead atoms. The van der Waals surface area contributed by atoms with E-state index in [0.717, 1.165) is 12.2 Å². The molecule has 1 aromatic rings. The van der Waals surface area contributed by atoms with E-state index in [9.17, 15) is 14.4 Å². The van der Waals surface area contributed by atoms with E-state index in [1.807, 2.05) is 0 Å². The Hall–Kier alpha value is -2.83. The maximum absolute atomic E-state index is 11.8. The van der Waals surface area contributed by atoms with E-state index in [1.54, 1.807) is 24.3 Å². The number of benzene rings is 1. The highest BCUT2D eigenvalue weighted by Gasteiger charge is 2.19. The summed E-state index contributed by atoms with van der Waals surface area (Å²) in [4.78, 5) is 33.9. The molecule has 118 valence electrons. The summed E-state index contributed by atoms with van der Waals surface area (Å²) in [7, 11) is 2.69. The molecule has 0 spiro atoms. The van der Waals surface area contributed by atoms with Gasteiger partial charge in [-0.05, 0) is 31.2 Å². The van der Waals surface area contributed by atoms with Crippen LogP contribution in [0.1, 0.15) is 6.92 Å². The number of carbonyl (C=O) groups is 3. The smallest absolute Gasteiger partial charge is 0.352 e. The van der Waals surface area contributed by atoms with E-state index in [4.69, 9.17) is 14.2 Å². The van der Waals surface area contributed by atoms with Crippen LogP contribution in [-0.4, -0.2) is 38.2 Å². The van der Waals surface area contributed by atoms with Crippen LogP contribution in [0.25, 0.3) is 0 Å². The van der Waals surface area contributed by atoms with E-state index in [0.29, 0.717) is 11.5 Å². The number of esters is 3. The van der Waals surface area contributed by atoms with Gasteiger partial charge in [0.15, 0.2) is 6.10 Å². The van der Waals surface area contributed by atoms with Crippen molar-refractivity contribution < 1.29 is 33.3 Å². The van der Waals surface area contributed by atoms with Crippen molar-refractivity contribution >= 4 is 17.9 Å². The molecule has 1 atom stereocenters. The lowest BCUT2D eigenvalue weighted by atomic mass is 10.3. The first-order valence-electron chi connectivity index (χ1n) is 6.28. The Morgan fingerprint density at radius 1 is 0.955 bits per heavy atom. The number of carbonyl (C=O) groups excluding carboxylic acids is 3. The van der Waals surface area contributed by atoms with Crippen molar-refractivity contribution in [2.24, 2.45) is 0 Å². The van der Waals surface area contributed by atoms with Gasteiger partial charge in [0.05, 0.1) is 14.2 Å². The van der Waals surface area contributed by atoms with Crippen LogP contribution in [0.2, 0.25) is 0 Å². The van der Waals surface area contributed by atoms with E-state index >= 15 is 0 Å². The van der Waals surface area contributed by atoms with Crippen molar-refractivity contribution in [3.8, 4) is 11.5 Å². The van der Waals surface area contributed by atoms with Crippen molar-refractivity contribution in [2.75, 3.05) is 14.2 Å². The highest BCUT2D eigenvalue weighted by atomic mass is 16.6. The Morgan fingerprint density at radius 3 is 2.05 bits per heavy atom. The lowest BCUT2D eigenvalue weighted by Crippen LogP contribution is -2.27. The lowest BCUT2D eigenvalue weighted by molar-refractivity contribution is -0.157. The van der Waals surface area contributed by atoms with Gasteiger partial charge < -0.3 is 18.9 Å².